The molecule has 0 aliphatic carbocycles. The fourth-order valence-electron chi connectivity index (χ4n) is 2.69. The van der Waals surface area contributed by atoms with Crippen LogP contribution >= 0.6 is 0 Å². The molecule has 2 aromatic carbocycles. The maximum atomic E-state index is 10.5. The second kappa shape index (κ2) is 9.08. The van der Waals surface area contributed by atoms with Crippen molar-refractivity contribution in [2.24, 2.45) is 0 Å². The minimum absolute atomic E-state index is 0.143. The third kappa shape index (κ3) is 6.23. The average Bonchev–Trinajstić information content (AvgIpc) is 2.63. The van der Waals surface area contributed by atoms with E-state index in [1.54, 1.807) is 0 Å². The summed E-state index contributed by atoms with van der Waals surface area (Å²) in [6, 6.07) is 18.6. The van der Waals surface area contributed by atoms with E-state index in [2.05, 4.69) is 0 Å². The highest BCUT2D eigenvalue weighted by Crippen LogP contribution is 2.17. The van der Waals surface area contributed by atoms with E-state index in [4.69, 9.17) is 4.74 Å². The van der Waals surface area contributed by atoms with Crippen LogP contribution in [0.15, 0.2) is 60.7 Å². The lowest BCUT2D eigenvalue weighted by Crippen LogP contribution is -2.45. The number of hydrogen-bond donors (Lipinski definition) is 4. The molecule has 0 aromatic heterocycles. The lowest BCUT2D eigenvalue weighted by molar-refractivity contribution is -0.123. The average molecular weight is 346 g/mol. The summed E-state index contributed by atoms with van der Waals surface area (Å²) in [5, 5.41) is 40.1. The molecule has 2 atom stereocenters. The summed E-state index contributed by atoms with van der Waals surface area (Å²) in [6.07, 6.45) is 0.473. The van der Waals surface area contributed by atoms with Crippen LogP contribution in [0.5, 0.6) is 0 Å². The molecule has 5 nitrogen and oxygen atoms in total. The van der Waals surface area contributed by atoms with Gasteiger partial charge < -0.3 is 25.2 Å². The lowest BCUT2D eigenvalue weighted by atomic mass is 9.95. The molecule has 2 aromatic rings. The summed E-state index contributed by atoms with van der Waals surface area (Å²) >= 11 is 0. The van der Waals surface area contributed by atoms with E-state index in [0.717, 1.165) is 11.1 Å². The van der Waals surface area contributed by atoms with E-state index in [1.165, 1.54) is 0 Å². The molecule has 0 aliphatic rings. The van der Waals surface area contributed by atoms with Gasteiger partial charge in [-0.25, -0.2) is 0 Å². The first kappa shape index (κ1) is 19.6. The Labute approximate surface area is 148 Å². The Hall–Kier alpha value is -1.76. The van der Waals surface area contributed by atoms with E-state index in [1.807, 2.05) is 60.7 Å². The Morgan fingerprint density at radius 1 is 0.640 bits per heavy atom. The number of rotatable bonds is 10. The van der Waals surface area contributed by atoms with Crippen LogP contribution in [0.25, 0.3) is 0 Å². The molecular weight excluding hydrogens is 320 g/mol. The maximum Gasteiger partial charge on any atom is 0.115 e. The van der Waals surface area contributed by atoms with Gasteiger partial charge in [-0.3, -0.25) is 0 Å². The molecule has 2 unspecified atom stereocenters. The van der Waals surface area contributed by atoms with Crippen molar-refractivity contribution >= 4 is 0 Å². The number of aliphatic hydroxyl groups is 4. The molecule has 0 saturated carbocycles. The molecule has 136 valence electrons. The topological polar surface area (TPSA) is 90.2 Å². The molecule has 0 aliphatic heterocycles. The van der Waals surface area contributed by atoms with Crippen molar-refractivity contribution in [3.05, 3.63) is 71.8 Å². The van der Waals surface area contributed by atoms with Gasteiger partial charge in [0.1, 0.15) is 11.2 Å². The van der Waals surface area contributed by atoms with E-state index in [0.29, 0.717) is 0 Å². The van der Waals surface area contributed by atoms with Crippen LogP contribution in [0.4, 0.5) is 0 Å². The molecule has 0 heterocycles. The van der Waals surface area contributed by atoms with Crippen molar-refractivity contribution in [1.82, 2.24) is 0 Å². The van der Waals surface area contributed by atoms with Gasteiger partial charge in [0.15, 0.2) is 0 Å². The second-order valence-corrected chi connectivity index (χ2v) is 6.58. The third-order valence-electron chi connectivity index (χ3n) is 4.08. The summed E-state index contributed by atoms with van der Waals surface area (Å²) in [6.45, 7) is -1.21. The summed E-state index contributed by atoms with van der Waals surface area (Å²) in [5.41, 5.74) is -1.12. The Morgan fingerprint density at radius 3 is 1.32 bits per heavy atom. The SMILES string of the molecule is OCC(O)(COCC(O)(CO)Cc1ccccc1)Cc1ccccc1. The summed E-state index contributed by atoms with van der Waals surface area (Å²) in [7, 11) is 0. The van der Waals surface area contributed by atoms with Gasteiger partial charge in [-0.2, -0.15) is 0 Å². The van der Waals surface area contributed by atoms with E-state index >= 15 is 0 Å². The first-order chi connectivity index (χ1) is 12.0. The smallest absolute Gasteiger partial charge is 0.115 e. The van der Waals surface area contributed by atoms with Gasteiger partial charge in [0, 0.05) is 12.8 Å². The Bertz CT molecular complexity index is 563. The highest BCUT2D eigenvalue weighted by Gasteiger charge is 2.31. The first-order valence-electron chi connectivity index (χ1n) is 8.31. The van der Waals surface area contributed by atoms with Crippen molar-refractivity contribution in [3.63, 3.8) is 0 Å². The molecule has 0 saturated heterocycles. The zero-order chi connectivity index (χ0) is 18.2. The highest BCUT2D eigenvalue weighted by molar-refractivity contribution is 5.18. The largest absolute Gasteiger partial charge is 0.393 e. The molecule has 0 amide bonds. The minimum atomic E-state index is -1.44. The van der Waals surface area contributed by atoms with Crippen LogP contribution < -0.4 is 0 Å². The van der Waals surface area contributed by atoms with Gasteiger partial charge >= 0.3 is 0 Å². The Balaban J connectivity index is 1.91. The van der Waals surface area contributed by atoms with E-state index in [9.17, 15) is 20.4 Å². The summed E-state index contributed by atoms with van der Waals surface area (Å²) < 4.78 is 5.47. The quantitative estimate of drug-likeness (QED) is 0.514. The fourth-order valence-corrected chi connectivity index (χ4v) is 2.69. The third-order valence-corrected chi connectivity index (χ3v) is 4.08. The van der Waals surface area contributed by atoms with Crippen LogP contribution in [0.3, 0.4) is 0 Å². The van der Waals surface area contributed by atoms with Crippen molar-refractivity contribution in [1.29, 1.82) is 0 Å². The number of ether oxygens (including phenoxy) is 1. The van der Waals surface area contributed by atoms with Gasteiger partial charge in [0.05, 0.1) is 26.4 Å². The number of aliphatic hydroxyl groups excluding tert-OH is 2. The molecule has 25 heavy (non-hydrogen) atoms. The minimum Gasteiger partial charge on any atom is -0.393 e. The van der Waals surface area contributed by atoms with Crippen molar-refractivity contribution in [2.45, 2.75) is 24.0 Å². The highest BCUT2D eigenvalue weighted by atomic mass is 16.5. The zero-order valence-corrected chi connectivity index (χ0v) is 14.2. The van der Waals surface area contributed by atoms with Gasteiger partial charge in [-0.15, -0.1) is 0 Å². The van der Waals surface area contributed by atoms with Crippen molar-refractivity contribution in [2.75, 3.05) is 26.4 Å². The normalized spacial score (nSPS) is 16.2. The number of benzene rings is 2. The summed E-state index contributed by atoms with van der Waals surface area (Å²) in [5.74, 6) is 0. The molecule has 5 heteroatoms. The van der Waals surface area contributed by atoms with Crippen molar-refractivity contribution in [3.8, 4) is 0 Å². The second-order valence-electron chi connectivity index (χ2n) is 6.58. The van der Waals surface area contributed by atoms with Crippen LogP contribution in [-0.4, -0.2) is 58.1 Å². The van der Waals surface area contributed by atoms with Crippen LogP contribution in [0.2, 0.25) is 0 Å². The molecule has 0 bridgehead atoms. The Kier molecular flexibility index (Phi) is 7.11. The van der Waals surface area contributed by atoms with Crippen LogP contribution in [0, 0.1) is 0 Å². The van der Waals surface area contributed by atoms with Gasteiger partial charge in [-0.05, 0) is 11.1 Å². The molecule has 0 radical (unpaired) electrons. The zero-order valence-electron chi connectivity index (χ0n) is 14.2. The molecule has 0 spiro atoms. The van der Waals surface area contributed by atoms with E-state index < -0.39 is 24.4 Å². The molecule has 4 N–H and O–H groups in total. The monoisotopic (exact) mass is 346 g/mol. The van der Waals surface area contributed by atoms with Gasteiger partial charge in [0.2, 0.25) is 0 Å². The predicted molar refractivity (Wildman–Crippen MR) is 95.2 cm³/mol. The lowest BCUT2D eigenvalue weighted by Gasteiger charge is -2.30. The standard InChI is InChI=1S/C20H26O5/c21-13-19(23,11-17-7-3-1-4-8-17)15-25-16-20(24,14-22)12-18-9-5-2-6-10-18/h1-10,21-24H,11-16H2. The van der Waals surface area contributed by atoms with Crippen molar-refractivity contribution < 1.29 is 25.2 Å². The predicted octanol–water partition coefficient (Wildman–Crippen LogP) is 0.935. The molecular formula is C20H26O5. The summed E-state index contributed by atoms with van der Waals surface area (Å²) in [4.78, 5) is 0. The fraction of sp³-hybridized carbons (Fsp3) is 0.400. The molecule has 2 rings (SSSR count). The van der Waals surface area contributed by atoms with Crippen LogP contribution in [-0.2, 0) is 17.6 Å². The first-order valence-corrected chi connectivity index (χ1v) is 8.31. The van der Waals surface area contributed by atoms with Gasteiger partial charge in [-0.1, -0.05) is 60.7 Å². The maximum absolute atomic E-state index is 10.5. The van der Waals surface area contributed by atoms with Gasteiger partial charge in [0.25, 0.3) is 0 Å². The number of hydrogen-bond acceptors (Lipinski definition) is 5. The Morgan fingerprint density at radius 2 is 1.00 bits per heavy atom. The molecule has 0 fully saturated rings. The van der Waals surface area contributed by atoms with Crippen LogP contribution in [0.1, 0.15) is 11.1 Å². The van der Waals surface area contributed by atoms with E-state index in [-0.39, 0.29) is 26.1 Å².